The molecule has 0 saturated carbocycles. The summed E-state index contributed by atoms with van der Waals surface area (Å²) in [6.45, 7) is 0. The lowest BCUT2D eigenvalue weighted by atomic mass is 10.0. The Bertz CT molecular complexity index is 1490. The fourth-order valence-electron chi connectivity index (χ4n) is 4.33. The number of nitro groups is 1. The number of nitro benzene ring substituents is 1. The van der Waals surface area contributed by atoms with Gasteiger partial charge in [0.1, 0.15) is 6.04 Å². The van der Waals surface area contributed by atoms with Crippen LogP contribution in [-0.4, -0.2) is 33.5 Å². The van der Waals surface area contributed by atoms with Crippen LogP contribution in [0.25, 0.3) is 0 Å². The number of rotatable bonds is 7. The molecule has 1 heterocycles. The summed E-state index contributed by atoms with van der Waals surface area (Å²) in [7, 11) is 0. The van der Waals surface area contributed by atoms with E-state index in [2.05, 4.69) is 5.32 Å². The summed E-state index contributed by atoms with van der Waals surface area (Å²) >= 11 is 0. The average molecular weight is 492 g/mol. The Morgan fingerprint density at radius 3 is 2.00 bits per heavy atom. The molecule has 0 aliphatic carbocycles. The Kier molecular flexibility index (Phi) is 6.30. The summed E-state index contributed by atoms with van der Waals surface area (Å²) < 4.78 is 0. The van der Waals surface area contributed by atoms with Crippen molar-refractivity contribution < 1.29 is 19.3 Å². The minimum Gasteiger partial charge on any atom is -0.322 e. The van der Waals surface area contributed by atoms with E-state index in [0.29, 0.717) is 16.8 Å². The highest BCUT2D eigenvalue weighted by Crippen LogP contribution is 2.46. The summed E-state index contributed by atoms with van der Waals surface area (Å²) in [6.07, 6.45) is 0. The predicted octanol–water partition coefficient (Wildman–Crippen LogP) is 5.30. The molecule has 0 radical (unpaired) electrons. The van der Waals surface area contributed by atoms with E-state index in [0.717, 1.165) is 5.56 Å². The van der Waals surface area contributed by atoms with Crippen LogP contribution in [-0.2, 0) is 0 Å². The van der Waals surface area contributed by atoms with E-state index in [1.165, 1.54) is 24.3 Å². The standard InChI is InChI=1S/C29H21N3O5/c33-27(20-10-5-2-6-11-20)26-25(19-8-3-1-4-9-19)31(26)29(35)21-14-16-23(17-15-21)30-28(34)22-12-7-13-24(18-22)32(36)37/h1-18,25-26H,(H,30,34)/t25-,26-,31?/m1/s1. The molecule has 8 nitrogen and oxygen atoms in total. The molecule has 0 aromatic heterocycles. The van der Waals surface area contributed by atoms with Crippen LogP contribution in [0.5, 0.6) is 0 Å². The largest absolute Gasteiger partial charge is 0.322 e. The van der Waals surface area contributed by atoms with E-state index in [1.54, 1.807) is 53.4 Å². The molecule has 0 bridgehead atoms. The van der Waals surface area contributed by atoms with Crippen molar-refractivity contribution in [1.29, 1.82) is 0 Å². The van der Waals surface area contributed by atoms with E-state index in [1.807, 2.05) is 36.4 Å². The first kappa shape index (κ1) is 23.6. The Balaban J connectivity index is 1.34. The van der Waals surface area contributed by atoms with Gasteiger partial charge < -0.3 is 10.2 Å². The number of non-ortho nitro benzene ring substituents is 1. The third kappa shape index (κ3) is 4.85. The second kappa shape index (κ2) is 9.87. The van der Waals surface area contributed by atoms with E-state index in [-0.39, 0.29) is 29.0 Å². The number of ketones is 1. The average Bonchev–Trinajstić information content (AvgIpc) is 3.69. The van der Waals surface area contributed by atoms with Crippen molar-refractivity contribution in [3.05, 3.63) is 142 Å². The minimum atomic E-state index is -0.606. The van der Waals surface area contributed by atoms with Crippen LogP contribution in [0.15, 0.2) is 109 Å². The first-order valence-corrected chi connectivity index (χ1v) is 11.6. The number of amides is 2. The number of hydrogen-bond acceptors (Lipinski definition) is 5. The van der Waals surface area contributed by atoms with Crippen LogP contribution < -0.4 is 5.32 Å². The monoisotopic (exact) mass is 491 g/mol. The van der Waals surface area contributed by atoms with Crippen molar-refractivity contribution >= 4 is 29.0 Å². The second-order valence-corrected chi connectivity index (χ2v) is 8.58. The summed E-state index contributed by atoms with van der Waals surface area (Å²) in [6, 6.07) is 29.1. The molecule has 5 rings (SSSR count). The molecule has 37 heavy (non-hydrogen) atoms. The Morgan fingerprint density at radius 2 is 1.35 bits per heavy atom. The van der Waals surface area contributed by atoms with Gasteiger partial charge in [0.15, 0.2) is 5.78 Å². The molecule has 1 fully saturated rings. The summed E-state index contributed by atoms with van der Waals surface area (Å²) in [5, 5.41) is 13.6. The number of Topliss-reactive ketones (excluding diaryl/α,β-unsaturated/α-hetero) is 1. The highest BCUT2D eigenvalue weighted by atomic mass is 16.6. The topological polar surface area (TPSA) is 109 Å². The zero-order valence-electron chi connectivity index (χ0n) is 19.5. The van der Waals surface area contributed by atoms with Crippen LogP contribution in [0, 0.1) is 10.1 Å². The number of nitrogens with one attached hydrogen (secondary N) is 1. The Hall–Kier alpha value is -5.11. The molecule has 1 N–H and O–H groups in total. The van der Waals surface area contributed by atoms with E-state index >= 15 is 0 Å². The number of nitrogens with zero attached hydrogens (tertiary/aromatic N) is 2. The molecule has 1 saturated heterocycles. The maximum Gasteiger partial charge on any atom is 0.270 e. The Labute approximate surface area is 212 Å². The third-order valence-corrected chi connectivity index (χ3v) is 6.22. The molecule has 1 aliphatic heterocycles. The van der Waals surface area contributed by atoms with Gasteiger partial charge >= 0.3 is 0 Å². The fourth-order valence-corrected chi connectivity index (χ4v) is 4.33. The molecule has 8 heteroatoms. The number of anilines is 1. The molecular formula is C29H21N3O5. The van der Waals surface area contributed by atoms with Gasteiger partial charge in [0.2, 0.25) is 0 Å². The van der Waals surface area contributed by atoms with Crippen molar-refractivity contribution in [3.8, 4) is 0 Å². The van der Waals surface area contributed by atoms with Crippen LogP contribution in [0.1, 0.15) is 42.7 Å². The first-order valence-electron chi connectivity index (χ1n) is 11.6. The normalized spacial score (nSPS) is 16.1. The smallest absolute Gasteiger partial charge is 0.270 e. The number of carbonyl (C=O) groups excluding carboxylic acids is 3. The van der Waals surface area contributed by atoms with Crippen LogP contribution in [0.4, 0.5) is 11.4 Å². The first-order chi connectivity index (χ1) is 17.9. The van der Waals surface area contributed by atoms with Gasteiger partial charge in [0, 0.05) is 34.5 Å². The van der Waals surface area contributed by atoms with Crippen molar-refractivity contribution in [1.82, 2.24) is 4.90 Å². The van der Waals surface area contributed by atoms with Crippen LogP contribution in [0.3, 0.4) is 0 Å². The fraction of sp³-hybridized carbons (Fsp3) is 0.0690. The minimum absolute atomic E-state index is 0.122. The summed E-state index contributed by atoms with van der Waals surface area (Å²) in [4.78, 5) is 51.2. The van der Waals surface area contributed by atoms with Gasteiger partial charge in [-0.1, -0.05) is 66.7 Å². The molecule has 4 aromatic rings. The Morgan fingerprint density at radius 1 is 0.730 bits per heavy atom. The van der Waals surface area contributed by atoms with Gasteiger partial charge in [-0.3, -0.25) is 24.5 Å². The maximum atomic E-state index is 13.4. The lowest BCUT2D eigenvalue weighted by Gasteiger charge is -2.08. The van der Waals surface area contributed by atoms with Crippen molar-refractivity contribution in [2.45, 2.75) is 12.1 Å². The zero-order chi connectivity index (χ0) is 25.9. The van der Waals surface area contributed by atoms with Crippen LogP contribution in [0.2, 0.25) is 0 Å². The van der Waals surface area contributed by atoms with Gasteiger partial charge in [-0.2, -0.15) is 0 Å². The lowest BCUT2D eigenvalue weighted by molar-refractivity contribution is -0.384. The van der Waals surface area contributed by atoms with Gasteiger partial charge in [-0.15, -0.1) is 0 Å². The lowest BCUT2D eigenvalue weighted by Crippen LogP contribution is -2.19. The van der Waals surface area contributed by atoms with Crippen molar-refractivity contribution in [2.24, 2.45) is 0 Å². The highest BCUT2D eigenvalue weighted by molar-refractivity contribution is 6.09. The van der Waals surface area contributed by atoms with Crippen LogP contribution >= 0.6 is 0 Å². The van der Waals surface area contributed by atoms with Crippen molar-refractivity contribution in [3.63, 3.8) is 0 Å². The SMILES string of the molecule is O=C(Nc1ccc(C(=O)N2[C@H](c3ccccc3)[C@@H]2C(=O)c2ccccc2)cc1)c1cccc([N+](=O)[O-])c1. The third-order valence-electron chi connectivity index (χ3n) is 6.22. The zero-order valence-corrected chi connectivity index (χ0v) is 19.5. The van der Waals surface area contributed by atoms with Gasteiger partial charge in [-0.05, 0) is 35.9 Å². The summed E-state index contributed by atoms with van der Waals surface area (Å²) in [5.74, 6) is -0.922. The van der Waals surface area contributed by atoms with Gasteiger partial charge in [-0.25, -0.2) is 0 Å². The molecule has 2 amide bonds. The second-order valence-electron chi connectivity index (χ2n) is 8.58. The van der Waals surface area contributed by atoms with Gasteiger partial charge in [0.05, 0.1) is 11.0 Å². The van der Waals surface area contributed by atoms with E-state index in [9.17, 15) is 24.5 Å². The maximum absolute atomic E-state index is 13.4. The van der Waals surface area contributed by atoms with E-state index < -0.39 is 16.9 Å². The molecular weight excluding hydrogens is 470 g/mol. The molecule has 182 valence electrons. The molecule has 4 aromatic carbocycles. The summed E-state index contributed by atoms with van der Waals surface area (Å²) in [5.41, 5.74) is 2.19. The number of hydrogen-bond donors (Lipinski definition) is 1. The van der Waals surface area contributed by atoms with Gasteiger partial charge in [0.25, 0.3) is 17.5 Å². The van der Waals surface area contributed by atoms with Crippen molar-refractivity contribution in [2.75, 3.05) is 5.32 Å². The molecule has 0 unspecified atom stereocenters. The molecule has 2 atom stereocenters. The number of benzene rings is 4. The highest BCUT2D eigenvalue weighted by Gasteiger charge is 2.56. The quantitative estimate of drug-likeness (QED) is 0.163. The number of carbonyl (C=O) groups is 3. The molecule has 1 aliphatic rings. The predicted molar refractivity (Wildman–Crippen MR) is 137 cm³/mol. The molecule has 0 spiro atoms. The van der Waals surface area contributed by atoms with E-state index in [4.69, 9.17) is 0 Å².